The van der Waals surface area contributed by atoms with E-state index >= 15 is 0 Å². The van der Waals surface area contributed by atoms with E-state index in [1.807, 2.05) is 6.92 Å². The van der Waals surface area contributed by atoms with Crippen molar-refractivity contribution in [3.05, 3.63) is 11.1 Å². The van der Waals surface area contributed by atoms with Gasteiger partial charge in [-0.3, -0.25) is 4.79 Å². The minimum absolute atomic E-state index is 0.00136. The molecule has 0 bridgehead atoms. The van der Waals surface area contributed by atoms with Gasteiger partial charge >= 0.3 is 11.9 Å². The summed E-state index contributed by atoms with van der Waals surface area (Å²) in [4.78, 5) is 35.3. The van der Waals surface area contributed by atoms with Crippen LogP contribution in [0.2, 0.25) is 0 Å². The second kappa shape index (κ2) is 11.0. The summed E-state index contributed by atoms with van der Waals surface area (Å²) >= 11 is 0. The molecule has 136 valence electrons. The molecule has 0 unspecified atom stereocenters. The summed E-state index contributed by atoms with van der Waals surface area (Å²) in [5.41, 5.74) is -0.514. The zero-order chi connectivity index (χ0) is 17.9. The van der Waals surface area contributed by atoms with Crippen molar-refractivity contribution in [2.24, 2.45) is 5.92 Å². The SMILES string of the molecule is CCCCOCCC(C(=O)O)=C(CC(=O)C1CCCCC1)C(=O)O. The highest BCUT2D eigenvalue weighted by atomic mass is 16.5. The van der Waals surface area contributed by atoms with Gasteiger partial charge in [0.05, 0.1) is 17.8 Å². The monoisotopic (exact) mass is 340 g/mol. The van der Waals surface area contributed by atoms with E-state index in [0.29, 0.717) is 6.61 Å². The van der Waals surface area contributed by atoms with Gasteiger partial charge in [0.15, 0.2) is 0 Å². The van der Waals surface area contributed by atoms with Gasteiger partial charge < -0.3 is 14.9 Å². The maximum absolute atomic E-state index is 12.3. The first-order valence-corrected chi connectivity index (χ1v) is 8.76. The maximum Gasteiger partial charge on any atom is 0.332 e. The molecule has 1 saturated carbocycles. The number of carbonyl (C=O) groups is 3. The van der Waals surface area contributed by atoms with Crippen LogP contribution in [0.15, 0.2) is 11.1 Å². The lowest BCUT2D eigenvalue weighted by Crippen LogP contribution is -2.22. The Labute approximate surface area is 142 Å². The van der Waals surface area contributed by atoms with Crippen LogP contribution in [0.25, 0.3) is 0 Å². The van der Waals surface area contributed by atoms with Gasteiger partial charge in [0.2, 0.25) is 0 Å². The average Bonchev–Trinajstić information content (AvgIpc) is 2.56. The summed E-state index contributed by atoms with van der Waals surface area (Å²) in [7, 11) is 0. The summed E-state index contributed by atoms with van der Waals surface area (Å²) in [5.74, 6) is -2.91. The van der Waals surface area contributed by atoms with E-state index in [1.54, 1.807) is 0 Å². The van der Waals surface area contributed by atoms with Crippen molar-refractivity contribution < 1.29 is 29.3 Å². The minimum Gasteiger partial charge on any atom is -0.478 e. The standard InChI is InChI=1S/C18H28O6/c1-2-3-10-24-11-9-14(17(20)21)15(18(22)23)12-16(19)13-7-5-4-6-8-13/h13H,2-12H2,1H3,(H,20,21)(H,22,23). The molecular weight excluding hydrogens is 312 g/mol. The van der Waals surface area contributed by atoms with Crippen molar-refractivity contribution in [1.82, 2.24) is 0 Å². The van der Waals surface area contributed by atoms with Gasteiger partial charge in [0.1, 0.15) is 5.78 Å². The summed E-state index contributed by atoms with van der Waals surface area (Å²) in [6, 6.07) is 0. The molecule has 0 aromatic heterocycles. The van der Waals surface area contributed by atoms with Gasteiger partial charge in [-0.1, -0.05) is 32.6 Å². The summed E-state index contributed by atoms with van der Waals surface area (Å²) in [5, 5.41) is 18.7. The molecule has 1 aliphatic carbocycles. The van der Waals surface area contributed by atoms with E-state index < -0.39 is 11.9 Å². The van der Waals surface area contributed by atoms with Gasteiger partial charge in [0, 0.05) is 25.4 Å². The lowest BCUT2D eigenvalue weighted by molar-refractivity contribution is -0.137. The van der Waals surface area contributed by atoms with E-state index in [9.17, 15) is 24.6 Å². The lowest BCUT2D eigenvalue weighted by Gasteiger charge is -2.20. The van der Waals surface area contributed by atoms with Crippen molar-refractivity contribution in [3.63, 3.8) is 0 Å². The van der Waals surface area contributed by atoms with Crippen LogP contribution in [-0.4, -0.2) is 41.1 Å². The fourth-order valence-electron chi connectivity index (χ4n) is 2.96. The van der Waals surface area contributed by atoms with Crippen LogP contribution in [0.5, 0.6) is 0 Å². The number of Topliss-reactive ketones (excluding diaryl/α,β-unsaturated/α-hetero) is 1. The molecule has 6 nitrogen and oxygen atoms in total. The second-order valence-electron chi connectivity index (χ2n) is 6.26. The zero-order valence-corrected chi connectivity index (χ0v) is 14.4. The fourth-order valence-corrected chi connectivity index (χ4v) is 2.96. The third kappa shape index (κ3) is 6.83. The highest BCUT2D eigenvalue weighted by Gasteiger charge is 2.27. The van der Waals surface area contributed by atoms with Crippen LogP contribution in [0, 0.1) is 5.92 Å². The van der Waals surface area contributed by atoms with Crippen molar-refractivity contribution in [3.8, 4) is 0 Å². The summed E-state index contributed by atoms with van der Waals surface area (Å²) in [6.07, 6.45) is 6.12. The third-order valence-corrected chi connectivity index (χ3v) is 4.43. The first-order chi connectivity index (χ1) is 11.5. The molecule has 0 amide bonds. The molecule has 24 heavy (non-hydrogen) atoms. The number of unbranched alkanes of at least 4 members (excludes halogenated alkanes) is 1. The molecule has 1 aliphatic rings. The molecule has 0 aromatic rings. The number of aliphatic carboxylic acids is 2. The molecule has 0 radical (unpaired) electrons. The molecule has 0 saturated heterocycles. The summed E-state index contributed by atoms with van der Waals surface area (Å²) in [6.45, 7) is 2.69. The molecular formula is C18H28O6. The topological polar surface area (TPSA) is 101 Å². The minimum atomic E-state index is -1.33. The van der Waals surface area contributed by atoms with Crippen molar-refractivity contribution in [2.45, 2.75) is 64.7 Å². The Kier molecular flexibility index (Phi) is 9.30. The highest BCUT2D eigenvalue weighted by Crippen LogP contribution is 2.27. The maximum atomic E-state index is 12.3. The van der Waals surface area contributed by atoms with Gasteiger partial charge in [-0.05, 0) is 19.3 Å². The molecule has 6 heteroatoms. The Morgan fingerprint density at radius 2 is 1.58 bits per heavy atom. The number of carbonyl (C=O) groups excluding carboxylic acids is 1. The molecule has 1 rings (SSSR count). The van der Waals surface area contributed by atoms with E-state index in [0.717, 1.165) is 44.9 Å². The fraction of sp³-hybridized carbons (Fsp3) is 0.722. The Morgan fingerprint density at radius 3 is 2.12 bits per heavy atom. The predicted molar refractivity (Wildman–Crippen MR) is 88.8 cm³/mol. The van der Waals surface area contributed by atoms with Crippen LogP contribution in [-0.2, 0) is 19.1 Å². The van der Waals surface area contributed by atoms with Gasteiger partial charge in [-0.15, -0.1) is 0 Å². The van der Waals surface area contributed by atoms with Gasteiger partial charge in [0.25, 0.3) is 0 Å². The third-order valence-electron chi connectivity index (χ3n) is 4.43. The van der Waals surface area contributed by atoms with E-state index in [4.69, 9.17) is 4.74 Å². The normalized spacial score (nSPS) is 16.5. The first-order valence-electron chi connectivity index (χ1n) is 8.76. The number of ether oxygens (including phenoxy) is 1. The van der Waals surface area contributed by atoms with E-state index in [1.165, 1.54) is 0 Å². The zero-order valence-electron chi connectivity index (χ0n) is 14.4. The lowest BCUT2D eigenvalue weighted by atomic mass is 9.83. The molecule has 0 atom stereocenters. The highest BCUT2D eigenvalue weighted by molar-refractivity contribution is 6.03. The van der Waals surface area contributed by atoms with Crippen molar-refractivity contribution in [2.75, 3.05) is 13.2 Å². The Morgan fingerprint density at radius 1 is 0.958 bits per heavy atom. The van der Waals surface area contributed by atoms with Crippen LogP contribution >= 0.6 is 0 Å². The van der Waals surface area contributed by atoms with Crippen molar-refractivity contribution in [1.29, 1.82) is 0 Å². The van der Waals surface area contributed by atoms with E-state index in [2.05, 4.69) is 0 Å². The quantitative estimate of drug-likeness (QED) is 0.442. The number of carboxylic acids is 2. The number of hydrogen-bond donors (Lipinski definition) is 2. The van der Waals surface area contributed by atoms with Crippen LogP contribution in [0.1, 0.15) is 64.7 Å². The molecule has 0 aliphatic heterocycles. The summed E-state index contributed by atoms with van der Waals surface area (Å²) < 4.78 is 5.33. The Hall–Kier alpha value is -1.69. The predicted octanol–water partition coefficient (Wildman–Crippen LogP) is 3.20. The van der Waals surface area contributed by atoms with Crippen LogP contribution in [0.3, 0.4) is 0 Å². The second-order valence-corrected chi connectivity index (χ2v) is 6.26. The molecule has 2 N–H and O–H groups in total. The number of ketones is 1. The number of carboxylic acid groups (broad SMARTS) is 2. The first kappa shape index (κ1) is 20.4. The van der Waals surface area contributed by atoms with Crippen molar-refractivity contribution >= 4 is 17.7 Å². The molecule has 0 aromatic carbocycles. The van der Waals surface area contributed by atoms with E-state index in [-0.39, 0.29) is 42.3 Å². The molecule has 0 spiro atoms. The van der Waals surface area contributed by atoms with Crippen LogP contribution < -0.4 is 0 Å². The number of hydrogen-bond acceptors (Lipinski definition) is 4. The van der Waals surface area contributed by atoms with Crippen LogP contribution in [0.4, 0.5) is 0 Å². The van der Waals surface area contributed by atoms with Gasteiger partial charge in [-0.25, -0.2) is 9.59 Å². The van der Waals surface area contributed by atoms with Gasteiger partial charge in [-0.2, -0.15) is 0 Å². The number of rotatable bonds is 11. The molecule has 1 fully saturated rings. The largest absolute Gasteiger partial charge is 0.478 e. The Balaban J connectivity index is 2.77. The Bertz CT molecular complexity index is 474. The molecule has 0 heterocycles. The smallest absolute Gasteiger partial charge is 0.332 e. The average molecular weight is 340 g/mol.